The van der Waals surface area contributed by atoms with Gasteiger partial charge in [-0.3, -0.25) is 9.10 Å². The second-order valence-corrected chi connectivity index (χ2v) is 9.79. The van der Waals surface area contributed by atoms with E-state index in [1.807, 2.05) is 6.92 Å². The molecule has 0 aliphatic rings. The molecule has 2 rings (SSSR count). The molecular formula is C22H30N2O3S. The number of hydrogen-bond donors (Lipinski definition) is 1. The molecule has 0 aliphatic carbocycles. The van der Waals surface area contributed by atoms with Gasteiger partial charge in [-0.1, -0.05) is 51.5 Å². The number of amides is 1. The van der Waals surface area contributed by atoms with Crippen LogP contribution in [-0.4, -0.2) is 27.4 Å². The monoisotopic (exact) mass is 402 g/mol. The Morgan fingerprint density at radius 3 is 2.07 bits per heavy atom. The van der Waals surface area contributed by atoms with Crippen LogP contribution in [-0.2, 0) is 10.0 Å². The topological polar surface area (TPSA) is 66.5 Å². The summed E-state index contributed by atoms with van der Waals surface area (Å²) in [7, 11) is -2.20. The zero-order valence-electron chi connectivity index (χ0n) is 17.4. The summed E-state index contributed by atoms with van der Waals surface area (Å²) < 4.78 is 27.0. The highest BCUT2D eigenvalue weighted by Crippen LogP contribution is 2.23. The fourth-order valence-corrected chi connectivity index (χ4v) is 4.38. The van der Waals surface area contributed by atoms with Crippen molar-refractivity contribution in [1.29, 1.82) is 0 Å². The summed E-state index contributed by atoms with van der Waals surface area (Å²) in [6.07, 6.45) is 0. The van der Waals surface area contributed by atoms with Crippen LogP contribution >= 0.6 is 0 Å². The molecule has 28 heavy (non-hydrogen) atoms. The molecule has 0 heterocycles. The third-order valence-corrected chi connectivity index (χ3v) is 6.69. The van der Waals surface area contributed by atoms with Crippen molar-refractivity contribution in [3.05, 3.63) is 59.7 Å². The molecule has 0 atom stereocenters. The van der Waals surface area contributed by atoms with Gasteiger partial charge in [0.15, 0.2) is 0 Å². The zero-order valence-corrected chi connectivity index (χ0v) is 18.2. The quantitative estimate of drug-likeness (QED) is 0.754. The van der Waals surface area contributed by atoms with Crippen LogP contribution in [0.5, 0.6) is 0 Å². The first-order valence-electron chi connectivity index (χ1n) is 9.50. The highest BCUT2D eigenvalue weighted by Gasteiger charge is 2.23. The molecule has 0 aliphatic heterocycles. The van der Waals surface area contributed by atoms with Gasteiger partial charge in [0.2, 0.25) is 0 Å². The van der Waals surface area contributed by atoms with Gasteiger partial charge in [-0.15, -0.1) is 0 Å². The van der Waals surface area contributed by atoms with E-state index in [1.165, 1.54) is 11.4 Å². The summed E-state index contributed by atoms with van der Waals surface area (Å²) in [6, 6.07) is 13.5. The number of aryl methyl sites for hydroxylation is 1. The molecule has 2 aromatic rings. The lowest BCUT2D eigenvalue weighted by Gasteiger charge is -2.26. The number of benzene rings is 2. The molecule has 0 saturated carbocycles. The first-order chi connectivity index (χ1) is 13.0. The molecule has 1 N–H and O–H groups in total. The van der Waals surface area contributed by atoms with Gasteiger partial charge in [-0.05, 0) is 49.1 Å². The van der Waals surface area contributed by atoms with Crippen LogP contribution < -0.4 is 9.62 Å². The molecule has 0 bridgehead atoms. The zero-order chi connectivity index (χ0) is 21.1. The van der Waals surface area contributed by atoms with E-state index in [4.69, 9.17) is 0 Å². The van der Waals surface area contributed by atoms with E-state index >= 15 is 0 Å². The molecule has 0 radical (unpaired) electrons. The minimum absolute atomic E-state index is 0.0465. The first kappa shape index (κ1) is 22.0. The van der Waals surface area contributed by atoms with Crippen LogP contribution in [0.3, 0.4) is 0 Å². The van der Waals surface area contributed by atoms with Crippen molar-refractivity contribution >= 4 is 21.6 Å². The summed E-state index contributed by atoms with van der Waals surface area (Å²) in [5, 5.41) is 3.07. The van der Waals surface area contributed by atoms with Crippen LogP contribution in [0.1, 0.15) is 43.6 Å². The van der Waals surface area contributed by atoms with Crippen molar-refractivity contribution in [2.75, 3.05) is 11.4 Å². The van der Waals surface area contributed by atoms with E-state index in [9.17, 15) is 13.2 Å². The van der Waals surface area contributed by atoms with E-state index in [0.29, 0.717) is 23.1 Å². The Kier molecular flexibility index (Phi) is 6.88. The Morgan fingerprint density at radius 2 is 1.54 bits per heavy atom. The lowest BCUT2D eigenvalue weighted by Crippen LogP contribution is -2.42. The maximum Gasteiger partial charge on any atom is 0.264 e. The third kappa shape index (κ3) is 4.93. The van der Waals surface area contributed by atoms with Crippen molar-refractivity contribution in [2.24, 2.45) is 11.8 Å². The van der Waals surface area contributed by atoms with E-state index in [0.717, 1.165) is 5.56 Å². The third-order valence-electron chi connectivity index (χ3n) is 4.89. The van der Waals surface area contributed by atoms with Gasteiger partial charge < -0.3 is 5.32 Å². The van der Waals surface area contributed by atoms with Crippen molar-refractivity contribution in [3.8, 4) is 0 Å². The Labute approximate surface area is 168 Å². The summed E-state index contributed by atoms with van der Waals surface area (Å²) in [4.78, 5) is 12.9. The largest absolute Gasteiger partial charge is 0.349 e. The Morgan fingerprint density at radius 1 is 0.964 bits per heavy atom. The molecular weight excluding hydrogens is 372 g/mol. The van der Waals surface area contributed by atoms with Crippen molar-refractivity contribution in [3.63, 3.8) is 0 Å². The molecule has 1 amide bonds. The average Bonchev–Trinajstić information content (AvgIpc) is 2.65. The number of carbonyl (C=O) groups is 1. The van der Waals surface area contributed by atoms with Gasteiger partial charge in [-0.25, -0.2) is 8.42 Å². The predicted molar refractivity (Wildman–Crippen MR) is 114 cm³/mol. The lowest BCUT2D eigenvalue weighted by molar-refractivity contribution is 0.0910. The minimum atomic E-state index is -3.70. The molecule has 0 unspecified atom stereocenters. The van der Waals surface area contributed by atoms with E-state index in [-0.39, 0.29) is 16.8 Å². The lowest BCUT2D eigenvalue weighted by atomic mass is 9.93. The second-order valence-electron chi connectivity index (χ2n) is 7.82. The average molecular weight is 403 g/mol. The van der Waals surface area contributed by atoms with Gasteiger partial charge in [0, 0.05) is 18.7 Å². The number of sulfonamides is 1. The normalized spacial score (nSPS) is 11.9. The molecule has 0 fully saturated rings. The van der Waals surface area contributed by atoms with Gasteiger partial charge in [0.1, 0.15) is 0 Å². The van der Waals surface area contributed by atoms with Crippen LogP contribution in [0.25, 0.3) is 0 Å². The fourth-order valence-electron chi connectivity index (χ4n) is 3.19. The predicted octanol–water partition coefficient (Wildman–Crippen LogP) is 4.23. The Balaban J connectivity index is 2.29. The number of carbonyl (C=O) groups excluding carboxylic acids is 1. The molecule has 0 saturated heterocycles. The molecule has 5 nitrogen and oxygen atoms in total. The number of anilines is 1. The maximum atomic E-state index is 12.9. The molecule has 0 spiro atoms. The van der Waals surface area contributed by atoms with Crippen LogP contribution in [0.4, 0.5) is 5.69 Å². The first-order valence-corrected chi connectivity index (χ1v) is 10.9. The van der Waals surface area contributed by atoms with Gasteiger partial charge in [-0.2, -0.15) is 0 Å². The van der Waals surface area contributed by atoms with Crippen LogP contribution in [0, 0.1) is 18.8 Å². The molecule has 152 valence electrons. The summed E-state index contributed by atoms with van der Waals surface area (Å²) in [5.74, 6) is 0.406. The highest BCUT2D eigenvalue weighted by molar-refractivity contribution is 7.92. The molecule has 0 aromatic heterocycles. The summed E-state index contributed by atoms with van der Waals surface area (Å²) >= 11 is 0. The standard InChI is InChI=1S/C22H30N2O3S/c1-15(2)21(16(3)4)23-22(25)18-8-7-9-19(14-18)24(6)28(26,27)20-12-10-17(5)11-13-20/h7-16,21H,1-6H3,(H,23,25). The number of nitrogens with one attached hydrogen (secondary N) is 1. The molecule has 2 aromatic carbocycles. The Hall–Kier alpha value is -2.34. The number of hydrogen-bond acceptors (Lipinski definition) is 3. The van der Waals surface area contributed by atoms with Crippen LogP contribution in [0.2, 0.25) is 0 Å². The number of nitrogens with zero attached hydrogens (tertiary/aromatic N) is 1. The van der Waals surface area contributed by atoms with Gasteiger partial charge >= 0.3 is 0 Å². The summed E-state index contributed by atoms with van der Waals surface area (Å²) in [5.41, 5.74) is 1.87. The van der Waals surface area contributed by atoms with E-state index in [2.05, 4.69) is 33.0 Å². The van der Waals surface area contributed by atoms with E-state index < -0.39 is 10.0 Å². The minimum Gasteiger partial charge on any atom is -0.349 e. The second kappa shape index (κ2) is 8.78. The van der Waals surface area contributed by atoms with E-state index in [1.54, 1.807) is 48.5 Å². The molecule has 6 heteroatoms. The Bertz CT molecular complexity index is 911. The fraction of sp³-hybridized carbons (Fsp3) is 0.409. The van der Waals surface area contributed by atoms with Crippen LogP contribution in [0.15, 0.2) is 53.4 Å². The number of rotatable bonds is 7. The SMILES string of the molecule is Cc1ccc(S(=O)(=O)N(C)c2cccc(C(=O)NC(C(C)C)C(C)C)c2)cc1. The van der Waals surface area contributed by atoms with Crippen molar-refractivity contribution in [2.45, 2.75) is 45.6 Å². The summed E-state index contributed by atoms with van der Waals surface area (Å²) in [6.45, 7) is 10.2. The maximum absolute atomic E-state index is 12.9. The van der Waals surface area contributed by atoms with Crippen molar-refractivity contribution < 1.29 is 13.2 Å². The van der Waals surface area contributed by atoms with Gasteiger partial charge in [0.05, 0.1) is 10.6 Å². The van der Waals surface area contributed by atoms with Crippen molar-refractivity contribution in [1.82, 2.24) is 5.32 Å². The van der Waals surface area contributed by atoms with Gasteiger partial charge in [0.25, 0.3) is 15.9 Å². The smallest absolute Gasteiger partial charge is 0.264 e. The highest BCUT2D eigenvalue weighted by atomic mass is 32.2.